The van der Waals surface area contributed by atoms with E-state index in [4.69, 9.17) is 16.3 Å². The number of halogens is 1. The molecule has 5 nitrogen and oxygen atoms in total. The highest BCUT2D eigenvalue weighted by atomic mass is 35.5. The van der Waals surface area contributed by atoms with Crippen molar-refractivity contribution < 1.29 is 13.2 Å². The van der Waals surface area contributed by atoms with Gasteiger partial charge in [-0.15, -0.1) is 0 Å². The fourth-order valence-corrected chi connectivity index (χ4v) is 6.05. The molecule has 158 valence electrons. The second kappa shape index (κ2) is 8.79. The molecule has 0 amide bonds. The van der Waals surface area contributed by atoms with Gasteiger partial charge in [0.05, 0.1) is 12.2 Å². The Balaban J connectivity index is 1.73. The summed E-state index contributed by atoms with van der Waals surface area (Å²) < 4.78 is 35.3. The van der Waals surface area contributed by atoms with E-state index >= 15 is 0 Å². The van der Waals surface area contributed by atoms with E-state index in [1.807, 2.05) is 44.2 Å². The predicted octanol–water partition coefficient (Wildman–Crippen LogP) is 3.70. The van der Waals surface area contributed by atoms with Crippen LogP contribution in [-0.4, -0.2) is 55.4 Å². The average Bonchev–Trinajstić information content (AvgIpc) is 2.62. The van der Waals surface area contributed by atoms with Crippen molar-refractivity contribution in [2.45, 2.75) is 46.3 Å². The van der Waals surface area contributed by atoms with Gasteiger partial charge >= 0.3 is 0 Å². The molecule has 2 aliphatic heterocycles. The lowest BCUT2D eigenvalue weighted by molar-refractivity contribution is -0.0457. The molecule has 1 aromatic carbocycles. The summed E-state index contributed by atoms with van der Waals surface area (Å²) in [5.41, 5.74) is 1.75. The Morgan fingerprint density at radius 3 is 2.52 bits per heavy atom. The molecule has 0 saturated carbocycles. The van der Waals surface area contributed by atoms with Crippen LogP contribution in [0.15, 0.2) is 35.9 Å². The van der Waals surface area contributed by atoms with Crippen molar-refractivity contribution in [3.8, 4) is 11.8 Å². The van der Waals surface area contributed by atoms with E-state index in [0.717, 1.165) is 5.56 Å². The van der Waals surface area contributed by atoms with Crippen LogP contribution in [0, 0.1) is 17.3 Å². The van der Waals surface area contributed by atoms with Gasteiger partial charge in [0, 0.05) is 42.2 Å². The lowest BCUT2D eigenvalue weighted by atomic mass is 9.79. The maximum atomic E-state index is 13.2. The molecule has 0 aromatic heterocycles. The van der Waals surface area contributed by atoms with Crippen LogP contribution < -0.4 is 0 Å². The van der Waals surface area contributed by atoms with Gasteiger partial charge in [0.25, 0.3) is 10.2 Å². The molecule has 7 heteroatoms. The summed E-state index contributed by atoms with van der Waals surface area (Å²) in [5.74, 6) is 6.23. The molecular weight excluding hydrogens is 408 g/mol. The van der Waals surface area contributed by atoms with Gasteiger partial charge in [-0.1, -0.05) is 48.9 Å². The van der Waals surface area contributed by atoms with Crippen LogP contribution in [0.3, 0.4) is 0 Å². The molecule has 0 aliphatic carbocycles. The van der Waals surface area contributed by atoms with E-state index in [2.05, 4.69) is 25.7 Å². The first kappa shape index (κ1) is 22.3. The van der Waals surface area contributed by atoms with E-state index in [0.29, 0.717) is 37.6 Å². The minimum Gasteiger partial charge on any atom is -0.373 e. The average molecular weight is 437 g/mol. The summed E-state index contributed by atoms with van der Waals surface area (Å²) in [5, 5.41) is 0.662. The third-order valence-corrected chi connectivity index (χ3v) is 7.55. The van der Waals surface area contributed by atoms with E-state index in [1.165, 1.54) is 5.57 Å². The number of morpholine rings is 1. The lowest BCUT2D eigenvalue weighted by Gasteiger charge is -2.43. The highest BCUT2D eigenvalue weighted by molar-refractivity contribution is 7.86. The van der Waals surface area contributed by atoms with Gasteiger partial charge in [0.1, 0.15) is 0 Å². The molecule has 2 heterocycles. The van der Waals surface area contributed by atoms with Gasteiger partial charge in [-0.3, -0.25) is 0 Å². The molecule has 29 heavy (non-hydrogen) atoms. The smallest absolute Gasteiger partial charge is 0.282 e. The standard InChI is InChI=1S/C22H29ClN2O3S/c1-17-14-25(15-18(2)28-17)29(26,27)24-12-11-20(22(3,4)16-24)9-5-7-19-8-6-10-21(23)13-19/h6,8-10,13,17-18H,11-12,14-16H2,1-4H3/b20-9+. The molecule has 2 fully saturated rings. The molecule has 3 rings (SSSR count). The van der Waals surface area contributed by atoms with E-state index in [9.17, 15) is 8.42 Å². The third kappa shape index (κ3) is 5.42. The number of piperidine rings is 1. The van der Waals surface area contributed by atoms with Crippen molar-refractivity contribution in [2.24, 2.45) is 5.41 Å². The number of rotatable bonds is 2. The number of allylic oxidation sites excluding steroid dienone is 1. The van der Waals surface area contributed by atoms with Crippen molar-refractivity contribution in [3.05, 3.63) is 46.5 Å². The van der Waals surface area contributed by atoms with Gasteiger partial charge in [-0.25, -0.2) is 0 Å². The second-order valence-corrected chi connectivity index (χ2v) is 10.9. The van der Waals surface area contributed by atoms with Crippen molar-refractivity contribution in [2.75, 3.05) is 26.2 Å². The first-order valence-electron chi connectivity index (χ1n) is 9.95. The third-order valence-electron chi connectivity index (χ3n) is 5.40. The van der Waals surface area contributed by atoms with Crippen molar-refractivity contribution >= 4 is 21.8 Å². The zero-order chi connectivity index (χ0) is 21.2. The SMILES string of the molecule is CC1CN(S(=O)(=O)N2CC/C(=C\C#Cc3cccc(Cl)c3)C(C)(C)C2)CC(C)O1. The predicted molar refractivity (Wildman–Crippen MR) is 117 cm³/mol. The zero-order valence-corrected chi connectivity index (χ0v) is 19.1. The molecular formula is C22H29ClN2O3S. The Morgan fingerprint density at radius 2 is 1.90 bits per heavy atom. The van der Waals surface area contributed by atoms with Gasteiger partial charge in [0.2, 0.25) is 0 Å². The Hall–Kier alpha value is -1.36. The summed E-state index contributed by atoms with van der Waals surface area (Å²) in [6.07, 6.45) is 2.42. The molecule has 0 spiro atoms. The highest BCUT2D eigenvalue weighted by Gasteiger charge is 2.41. The van der Waals surface area contributed by atoms with Gasteiger partial charge < -0.3 is 4.74 Å². The van der Waals surface area contributed by atoms with Crippen LogP contribution in [0.2, 0.25) is 5.02 Å². The molecule has 0 bridgehead atoms. The fourth-order valence-electron chi connectivity index (χ4n) is 3.92. The van der Waals surface area contributed by atoms with E-state index in [1.54, 1.807) is 8.61 Å². The van der Waals surface area contributed by atoms with Gasteiger partial charge in [-0.2, -0.15) is 17.0 Å². The maximum Gasteiger partial charge on any atom is 0.282 e. The van der Waals surface area contributed by atoms with Crippen LogP contribution in [0.4, 0.5) is 0 Å². The van der Waals surface area contributed by atoms with E-state index < -0.39 is 10.2 Å². The van der Waals surface area contributed by atoms with Gasteiger partial charge in [-0.05, 0) is 44.5 Å². The Bertz CT molecular complexity index is 936. The van der Waals surface area contributed by atoms with Crippen LogP contribution in [-0.2, 0) is 14.9 Å². The summed E-state index contributed by atoms with van der Waals surface area (Å²) in [4.78, 5) is 0. The van der Waals surface area contributed by atoms with Crippen LogP contribution in [0.5, 0.6) is 0 Å². The molecule has 2 atom stereocenters. The van der Waals surface area contributed by atoms with Crippen LogP contribution >= 0.6 is 11.6 Å². The minimum absolute atomic E-state index is 0.0939. The quantitative estimate of drug-likeness (QED) is 0.664. The molecule has 2 saturated heterocycles. The zero-order valence-electron chi connectivity index (χ0n) is 17.5. The summed E-state index contributed by atoms with van der Waals surface area (Å²) >= 11 is 6.00. The first-order chi connectivity index (χ1) is 13.6. The molecule has 2 unspecified atom stereocenters. The van der Waals surface area contributed by atoms with Gasteiger partial charge in [0.15, 0.2) is 0 Å². The van der Waals surface area contributed by atoms with Crippen molar-refractivity contribution in [1.29, 1.82) is 0 Å². The minimum atomic E-state index is -3.50. The summed E-state index contributed by atoms with van der Waals surface area (Å²) in [6, 6.07) is 7.44. The Morgan fingerprint density at radius 1 is 1.21 bits per heavy atom. The molecule has 0 N–H and O–H groups in total. The number of ether oxygens (including phenoxy) is 1. The van der Waals surface area contributed by atoms with Crippen LogP contribution in [0.25, 0.3) is 0 Å². The number of hydrogen-bond donors (Lipinski definition) is 0. The molecule has 1 aromatic rings. The first-order valence-corrected chi connectivity index (χ1v) is 11.7. The summed E-state index contributed by atoms with van der Waals surface area (Å²) in [7, 11) is -3.50. The monoisotopic (exact) mass is 436 g/mol. The topological polar surface area (TPSA) is 49.9 Å². The highest BCUT2D eigenvalue weighted by Crippen LogP contribution is 2.36. The Kier molecular flexibility index (Phi) is 6.77. The normalized spacial score (nSPS) is 27.4. The molecule has 0 radical (unpaired) electrons. The van der Waals surface area contributed by atoms with E-state index in [-0.39, 0.29) is 17.6 Å². The van der Waals surface area contributed by atoms with Crippen molar-refractivity contribution in [3.63, 3.8) is 0 Å². The second-order valence-electron chi connectivity index (χ2n) is 8.50. The molecule has 2 aliphatic rings. The summed E-state index contributed by atoms with van der Waals surface area (Å²) in [6.45, 7) is 9.69. The maximum absolute atomic E-state index is 13.2. The lowest BCUT2D eigenvalue weighted by Crippen LogP contribution is -2.56. The van der Waals surface area contributed by atoms with Crippen LogP contribution in [0.1, 0.15) is 39.7 Å². The largest absolute Gasteiger partial charge is 0.373 e. The fraction of sp³-hybridized carbons (Fsp3) is 0.545. The van der Waals surface area contributed by atoms with Crippen molar-refractivity contribution in [1.82, 2.24) is 8.61 Å². The number of nitrogens with zero attached hydrogens (tertiary/aromatic N) is 2. The number of benzene rings is 1. The Labute approximate surface area is 179 Å². The number of hydrogen-bond acceptors (Lipinski definition) is 3.